The van der Waals surface area contributed by atoms with Gasteiger partial charge in [0.15, 0.2) is 0 Å². The number of nitrogen functional groups attached to an aromatic ring is 1. The van der Waals surface area contributed by atoms with Crippen LogP contribution in [0.4, 0.5) is 30.2 Å². The molecule has 0 aliphatic heterocycles. The van der Waals surface area contributed by atoms with Gasteiger partial charge in [-0.25, -0.2) is 0 Å². The number of methoxy groups -OCH3 is 1. The van der Waals surface area contributed by atoms with Crippen LogP contribution in [0.3, 0.4) is 0 Å². The van der Waals surface area contributed by atoms with Crippen LogP contribution < -0.4 is 15.8 Å². The lowest BCUT2D eigenvalue weighted by Gasteiger charge is -2.16. The van der Waals surface area contributed by atoms with E-state index in [4.69, 9.17) is 10.5 Å². The second-order valence-electron chi connectivity index (χ2n) is 4.28. The van der Waals surface area contributed by atoms with E-state index in [0.29, 0.717) is 15.9 Å². The Morgan fingerprint density at radius 2 is 1.86 bits per heavy atom. The fraction of sp³-hybridized carbons (Fsp3) is 0.143. The van der Waals surface area contributed by atoms with Crippen LogP contribution in [0.25, 0.3) is 0 Å². The lowest BCUT2D eigenvalue weighted by atomic mass is 10.1. The summed E-state index contributed by atoms with van der Waals surface area (Å²) in [5, 5.41) is 2.74. The lowest BCUT2D eigenvalue weighted by Crippen LogP contribution is -2.09. The van der Waals surface area contributed by atoms with Crippen molar-refractivity contribution in [2.24, 2.45) is 0 Å². The fourth-order valence-corrected chi connectivity index (χ4v) is 2.35. The molecule has 0 fully saturated rings. The van der Waals surface area contributed by atoms with Crippen molar-refractivity contribution in [2.45, 2.75) is 6.18 Å². The third-order valence-corrected chi connectivity index (χ3v) is 3.40. The molecule has 2 rings (SSSR count). The zero-order valence-corrected chi connectivity index (χ0v) is 12.5. The summed E-state index contributed by atoms with van der Waals surface area (Å²) in [6.45, 7) is 0. The van der Waals surface area contributed by atoms with Crippen LogP contribution in [0.2, 0.25) is 0 Å². The monoisotopic (exact) mass is 360 g/mol. The predicted molar refractivity (Wildman–Crippen MR) is 79.8 cm³/mol. The van der Waals surface area contributed by atoms with Gasteiger partial charge in [0.25, 0.3) is 0 Å². The Morgan fingerprint density at radius 1 is 1.14 bits per heavy atom. The van der Waals surface area contributed by atoms with Crippen molar-refractivity contribution in [3.63, 3.8) is 0 Å². The maximum Gasteiger partial charge on any atom is 0.418 e. The highest BCUT2D eigenvalue weighted by atomic mass is 79.9. The van der Waals surface area contributed by atoms with E-state index >= 15 is 0 Å². The largest absolute Gasteiger partial charge is 0.496 e. The molecule has 21 heavy (non-hydrogen) atoms. The van der Waals surface area contributed by atoms with Crippen molar-refractivity contribution >= 4 is 33.0 Å². The van der Waals surface area contributed by atoms with Gasteiger partial charge in [-0.2, -0.15) is 13.2 Å². The average molecular weight is 361 g/mol. The molecule has 7 heteroatoms. The third kappa shape index (κ3) is 3.60. The lowest BCUT2D eigenvalue weighted by molar-refractivity contribution is -0.136. The van der Waals surface area contributed by atoms with Gasteiger partial charge in [0.1, 0.15) is 5.75 Å². The van der Waals surface area contributed by atoms with E-state index in [1.807, 2.05) is 0 Å². The van der Waals surface area contributed by atoms with Gasteiger partial charge in [0.2, 0.25) is 0 Å². The van der Waals surface area contributed by atoms with Crippen molar-refractivity contribution in [2.75, 3.05) is 18.2 Å². The van der Waals surface area contributed by atoms with Crippen LogP contribution in [0.1, 0.15) is 5.56 Å². The predicted octanol–water partition coefficient (Wildman–Crippen LogP) is 4.80. The van der Waals surface area contributed by atoms with Crippen molar-refractivity contribution in [1.29, 1.82) is 0 Å². The Hall–Kier alpha value is -1.89. The highest BCUT2D eigenvalue weighted by Gasteiger charge is 2.33. The maximum atomic E-state index is 13.0. The van der Waals surface area contributed by atoms with Crippen LogP contribution >= 0.6 is 15.9 Å². The van der Waals surface area contributed by atoms with Crippen LogP contribution in [0, 0.1) is 0 Å². The topological polar surface area (TPSA) is 47.3 Å². The maximum absolute atomic E-state index is 13.0. The molecule has 0 atom stereocenters. The average Bonchev–Trinajstić information content (AvgIpc) is 2.40. The standard InChI is InChI=1S/C14H12BrF3N2O/c1-21-13-5-3-9(7-11(13)15)20-12-4-2-8(19)6-10(12)14(16,17)18/h2-7,20H,19H2,1H3. The number of hydrogen-bond acceptors (Lipinski definition) is 3. The summed E-state index contributed by atoms with van der Waals surface area (Å²) >= 11 is 3.28. The number of nitrogens with one attached hydrogen (secondary N) is 1. The van der Waals surface area contributed by atoms with Crippen LogP contribution in [0.5, 0.6) is 5.75 Å². The molecule has 0 aliphatic carbocycles. The first-order chi connectivity index (χ1) is 9.81. The van der Waals surface area contributed by atoms with E-state index < -0.39 is 11.7 Å². The molecular weight excluding hydrogens is 349 g/mol. The van der Waals surface area contributed by atoms with E-state index in [1.54, 1.807) is 18.2 Å². The molecule has 0 amide bonds. The summed E-state index contributed by atoms with van der Waals surface area (Å²) in [4.78, 5) is 0. The van der Waals surface area contributed by atoms with Gasteiger partial charge in [-0.3, -0.25) is 0 Å². The molecule has 2 aromatic carbocycles. The van der Waals surface area contributed by atoms with Gasteiger partial charge < -0.3 is 15.8 Å². The number of alkyl halides is 3. The summed E-state index contributed by atoms with van der Waals surface area (Å²) in [5.74, 6) is 0.592. The normalized spacial score (nSPS) is 11.3. The van der Waals surface area contributed by atoms with Gasteiger partial charge in [-0.05, 0) is 52.3 Å². The van der Waals surface area contributed by atoms with Gasteiger partial charge in [0, 0.05) is 11.4 Å². The minimum absolute atomic E-state index is 0.0591. The molecule has 3 nitrogen and oxygen atoms in total. The summed E-state index contributed by atoms with van der Waals surface area (Å²) in [5.41, 5.74) is 5.11. The Morgan fingerprint density at radius 3 is 2.43 bits per heavy atom. The number of halogens is 4. The first-order valence-electron chi connectivity index (χ1n) is 5.88. The van der Waals surface area contributed by atoms with Crippen LogP contribution in [-0.4, -0.2) is 7.11 Å². The Bertz CT molecular complexity index is 659. The molecule has 0 saturated heterocycles. The third-order valence-electron chi connectivity index (χ3n) is 2.78. The summed E-state index contributed by atoms with van der Waals surface area (Å²) < 4.78 is 44.7. The number of ether oxygens (including phenoxy) is 1. The Kier molecular flexibility index (Phi) is 4.32. The van der Waals surface area contributed by atoms with Gasteiger partial charge in [0.05, 0.1) is 22.8 Å². The highest BCUT2D eigenvalue weighted by Crippen LogP contribution is 2.38. The number of hydrogen-bond donors (Lipinski definition) is 2. The number of rotatable bonds is 3. The van der Waals surface area contributed by atoms with Crippen LogP contribution in [0.15, 0.2) is 40.9 Å². The first kappa shape index (κ1) is 15.5. The molecule has 0 aromatic heterocycles. The molecule has 2 aromatic rings. The molecular formula is C14H12BrF3N2O. The number of benzene rings is 2. The quantitative estimate of drug-likeness (QED) is 0.772. The molecule has 0 unspecified atom stereocenters. The fourth-order valence-electron chi connectivity index (χ4n) is 1.81. The van der Waals surface area contributed by atoms with Crippen molar-refractivity contribution in [3.05, 3.63) is 46.4 Å². The van der Waals surface area contributed by atoms with Crippen molar-refractivity contribution in [3.8, 4) is 5.75 Å². The summed E-state index contributed by atoms with van der Waals surface area (Å²) in [6.07, 6.45) is -4.48. The minimum Gasteiger partial charge on any atom is -0.496 e. The first-order valence-corrected chi connectivity index (χ1v) is 6.68. The minimum atomic E-state index is -4.48. The molecule has 0 heterocycles. The summed E-state index contributed by atoms with van der Waals surface area (Å²) in [6, 6.07) is 8.53. The zero-order valence-electron chi connectivity index (χ0n) is 11.0. The Balaban J connectivity index is 2.38. The molecule has 0 radical (unpaired) electrons. The van der Waals surface area contributed by atoms with Crippen LogP contribution in [-0.2, 0) is 6.18 Å². The summed E-state index contributed by atoms with van der Waals surface area (Å²) in [7, 11) is 1.51. The Labute approximate surface area is 128 Å². The van der Waals surface area contributed by atoms with E-state index in [-0.39, 0.29) is 11.4 Å². The van der Waals surface area contributed by atoms with E-state index in [2.05, 4.69) is 21.2 Å². The second kappa shape index (κ2) is 5.85. The SMILES string of the molecule is COc1ccc(Nc2ccc(N)cc2C(F)(F)F)cc1Br. The second-order valence-corrected chi connectivity index (χ2v) is 5.13. The molecule has 0 bridgehead atoms. The number of anilines is 3. The molecule has 0 spiro atoms. The van der Waals surface area contributed by atoms with Crippen molar-refractivity contribution < 1.29 is 17.9 Å². The molecule has 0 aliphatic rings. The van der Waals surface area contributed by atoms with E-state index in [9.17, 15) is 13.2 Å². The van der Waals surface area contributed by atoms with Gasteiger partial charge >= 0.3 is 6.18 Å². The molecule has 112 valence electrons. The van der Waals surface area contributed by atoms with E-state index in [1.165, 1.54) is 19.2 Å². The van der Waals surface area contributed by atoms with Crippen molar-refractivity contribution in [1.82, 2.24) is 0 Å². The zero-order chi connectivity index (χ0) is 15.6. The van der Waals surface area contributed by atoms with Gasteiger partial charge in [-0.1, -0.05) is 0 Å². The number of nitrogens with two attached hydrogens (primary N) is 1. The van der Waals surface area contributed by atoms with Gasteiger partial charge in [-0.15, -0.1) is 0 Å². The smallest absolute Gasteiger partial charge is 0.418 e. The molecule has 0 saturated carbocycles. The highest BCUT2D eigenvalue weighted by molar-refractivity contribution is 9.10. The molecule has 3 N–H and O–H groups in total. The van der Waals surface area contributed by atoms with E-state index in [0.717, 1.165) is 6.07 Å².